The first kappa shape index (κ1) is 25.0. The normalized spacial score (nSPS) is 15.4. The van der Waals surface area contributed by atoms with E-state index in [1.54, 1.807) is 0 Å². The Morgan fingerprint density at radius 2 is 1.56 bits per heavy atom. The number of benzene rings is 2. The van der Waals surface area contributed by atoms with Crippen molar-refractivity contribution in [3.05, 3.63) is 59.7 Å². The molecule has 1 aliphatic rings. The van der Waals surface area contributed by atoms with Gasteiger partial charge in [-0.05, 0) is 29.2 Å². The van der Waals surface area contributed by atoms with Gasteiger partial charge in [-0.1, -0.05) is 48.5 Å². The Kier molecular flexibility index (Phi) is 7.15. The molecule has 1 aliphatic carbocycles. The van der Waals surface area contributed by atoms with Crippen LogP contribution < -0.4 is 10.6 Å². The molecule has 0 radical (unpaired) electrons. The average molecular weight is 480 g/mol. The van der Waals surface area contributed by atoms with Gasteiger partial charge < -0.3 is 25.6 Å². The molecule has 0 saturated carbocycles. The predicted molar refractivity (Wildman–Crippen MR) is 114 cm³/mol. The Balaban J connectivity index is 1.50. The summed E-state index contributed by atoms with van der Waals surface area (Å²) in [5, 5.41) is 22.3. The fourth-order valence-electron chi connectivity index (χ4n) is 3.71. The number of hydrogen-bond donors (Lipinski definition) is 4. The van der Waals surface area contributed by atoms with Gasteiger partial charge >= 0.3 is 18.2 Å². The van der Waals surface area contributed by atoms with E-state index in [9.17, 15) is 32.7 Å². The molecule has 0 fully saturated rings. The molecule has 0 aromatic heterocycles. The number of alkyl carbamates (subject to hydrolysis) is 1. The Morgan fingerprint density at radius 3 is 2.06 bits per heavy atom. The fourth-order valence-corrected chi connectivity index (χ4v) is 3.71. The summed E-state index contributed by atoms with van der Waals surface area (Å²) in [5.74, 6) is -3.83. The molecule has 2 aromatic rings. The van der Waals surface area contributed by atoms with Crippen molar-refractivity contribution in [3.63, 3.8) is 0 Å². The molecule has 0 heterocycles. The summed E-state index contributed by atoms with van der Waals surface area (Å²) in [6.07, 6.45) is -8.56. The monoisotopic (exact) mass is 480 g/mol. The number of aliphatic hydroxyl groups is 1. The minimum atomic E-state index is -5.25. The Bertz CT molecular complexity index is 1040. The number of carbonyl (C=O) groups excluding carboxylic acids is 2. The maximum Gasteiger partial charge on any atom is 0.422 e. The van der Waals surface area contributed by atoms with E-state index in [2.05, 4.69) is 5.32 Å². The second-order valence-electron chi connectivity index (χ2n) is 8.04. The number of aliphatic carboxylic acids is 1. The Labute approximate surface area is 192 Å². The molecule has 2 aromatic carbocycles. The first-order valence-corrected chi connectivity index (χ1v) is 10.3. The van der Waals surface area contributed by atoms with Gasteiger partial charge in [0.05, 0.1) is 12.5 Å². The highest BCUT2D eigenvalue weighted by atomic mass is 19.4. The molecule has 0 saturated heterocycles. The molecule has 0 aliphatic heterocycles. The lowest BCUT2D eigenvalue weighted by Gasteiger charge is -2.28. The van der Waals surface area contributed by atoms with E-state index in [-0.39, 0.29) is 12.5 Å². The van der Waals surface area contributed by atoms with Gasteiger partial charge in [0, 0.05) is 12.5 Å². The van der Waals surface area contributed by atoms with E-state index < -0.39 is 48.8 Å². The minimum absolute atomic E-state index is 0.0129. The summed E-state index contributed by atoms with van der Waals surface area (Å²) in [7, 11) is 0. The number of carboxylic acid groups (broad SMARTS) is 1. The van der Waals surface area contributed by atoms with Crippen molar-refractivity contribution in [1.82, 2.24) is 10.6 Å². The summed E-state index contributed by atoms with van der Waals surface area (Å²) >= 11 is 0. The number of fused-ring (bicyclic) bond motifs is 3. The molecule has 11 heteroatoms. The van der Waals surface area contributed by atoms with Gasteiger partial charge in [-0.3, -0.25) is 4.79 Å². The molecular weight excluding hydrogens is 457 g/mol. The van der Waals surface area contributed by atoms with Gasteiger partial charge in [0.25, 0.3) is 0 Å². The zero-order valence-electron chi connectivity index (χ0n) is 18.1. The quantitative estimate of drug-likeness (QED) is 0.461. The van der Waals surface area contributed by atoms with Crippen LogP contribution in [0.25, 0.3) is 11.1 Å². The van der Waals surface area contributed by atoms with Crippen molar-refractivity contribution in [3.8, 4) is 11.1 Å². The highest BCUT2D eigenvalue weighted by Crippen LogP contribution is 2.44. The second kappa shape index (κ2) is 9.72. The van der Waals surface area contributed by atoms with Gasteiger partial charge in [-0.2, -0.15) is 13.2 Å². The van der Waals surface area contributed by atoms with Crippen molar-refractivity contribution in [2.45, 2.75) is 37.1 Å². The van der Waals surface area contributed by atoms with Crippen LogP contribution in [0.3, 0.4) is 0 Å². The number of carbonyl (C=O) groups is 3. The second-order valence-corrected chi connectivity index (χ2v) is 8.04. The topological polar surface area (TPSA) is 125 Å². The molecule has 8 nitrogen and oxygen atoms in total. The van der Waals surface area contributed by atoms with Crippen LogP contribution in [0.2, 0.25) is 0 Å². The van der Waals surface area contributed by atoms with E-state index in [4.69, 9.17) is 9.84 Å². The van der Waals surface area contributed by atoms with Crippen molar-refractivity contribution in [2.75, 3.05) is 13.2 Å². The molecule has 2 atom stereocenters. The van der Waals surface area contributed by atoms with Crippen LogP contribution >= 0.6 is 0 Å². The van der Waals surface area contributed by atoms with Crippen LogP contribution in [0.15, 0.2) is 48.5 Å². The lowest BCUT2D eigenvalue weighted by molar-refractivity contribution is -0.207. The largest absolute Gasteiger partial charge is 0.479 e. The van der Waals surface area contributed by atoms with E-state index in [0.29, 0.717) is 6.92 Å². The fraction of sp³-hybridized carbons (Fsp3) is 0.348. The standard InChI is InChI=1S/C23H23F3N2O6/c1-22(20(31)32,23(24,25)26)28-19(30)10-13(29)11-27-21(33)34-12-18-16-8-4-2-6-14(16)15-7-3-5-9-17(15)18/h2-9,13,18,29H,10-12H2,1H3,(H,27,33)(H,28,30)(H,31,32). The third kappa shape index (κ3) is 5.14. The van der Waals surface area contributed by atoms with Gasteiger partial charge in [-0.25, -0.2) is 9.59 Å². The first-order chi connectivity index (χ1) is 15.9. The zero-order valence-corrected chi connectivity index (χ0v) is 18.1. The van der Waals surface area contributed by atoms with Gasteiger partial charge in [0.2, 0.25) is 11.4 Å². The number of amides is 2. The Hall–Kier alpha value is -3.60. The van der Waals surface area contributed by atoms with Crippen LogP contribution in [0, 0.1) is 0 Å². The molecule has 0 spiro atoms. The number of hydrogen-bond acceptors (Lipinski definition) is 5. The SMILES string of the molecule is CC(NC(=O)CC(O)CNC(=O)OCC1c2ccccc2-c2ccccc21)(C(=O)O)C(F)(F)F. The summed E-state index contributed by atoms with van der Waals surface area (Å²) in [6, 6.07) is 15.4. The van der Waals surface area contributed by atoms with Crippen LogP contribution in [0.5, 0.6) is 0 Å². The minimum Gasteiger partial charge on any atom is -0.479 e. The maximum absolute atomic E-state index is 13.0. The van der Waals surface area contributed by atoms with Crippen molar-refractivity contribution in [1.29, 1.82) is 0 Å². The van der Waals surface area contributed by atoms with Gasteiger partial charge in [0.1, 0.15) is 6.61 Å². The number of ether oxygens (including phenoxy) is 1. The van der Waals surface area contributed by atoms with Crippen LogP contribution in [0.1, 0.15) is 30.4 Å². The van der Waals surface area contributed by atoms with Gasteiger partial charge in [0.15, 0.2) is 0 Å². The number of aliphatic hydroxyl groups excluding tert-OH is 1. The first-order valence-electron chi connectivity index (χ1n) is 10.3. The molecule has 4 N–H and O–H groups in total. The number of carboxylic acids is 1. The lowest BCUT2D eigenvalue weighted by atomic mass is 9.98. The van der Waals surface area contributed by atoms with Crippen LogP contribution in [-0.2, 0) is 14.3 Å². The molecule has 34 heavy (non-hydrogen) atoms. The van der Waals surface area contributed by atoms with E-state index in [1.165, 1.54) is 5.32 Å². The molecule has 2 unspecified atom stereocenters. The van der Waals surface area contributed by atoms with Crippen molar-refractivity contribution >= 4 is 18.0 Å². The molecule has 0 bridgehead atoms. The summed E-state index contributed by atoms with van der Waals surface area (Å²) < 4.78 is 44.2. The summed E-state index contributed by atoms with van der Waals surface area (Å²) in [4.78, 5) is 34.9. The van der Waals surface area contributed by atoms with Crippen LogP contribution in [-0.4, -0.2) is 59.2 Å². The third-order valence-electron chi connectivity index (χ3n) is 5.63. The molecule has 3 rings (SSSR count). The maximum atomic E-state index is 13.0. The molecule has 2 amide bonds. The average Bonchev–Trinajstić information content (AvgIpc) is 3.09. The predicted octanol–water partition coefficient (Wildman–Crippen LogP) is 2.80. The van der Waals surface area contributed by atoms with Crippen molar-refractivity contribution in [2.24, 2.45) is 0 Å². The Morgan fingerprint density at radius 1 is 1.03 bits per heavy atom. The highest BCUT2D eigenvalue weighted by molar-refractivity contribution is 5.87. The van der Waals surface area contributed by atoms with E-state index in [0.717, 1.165) is 22.3 Å². The van der Waals surface area contributed by atoms with E-state index >= 15 is 0 Å². The zero-order chi connectivity index (χ0) is 25.1. The number of nitrogens with one attached hydrogen (secondary N) is 2. The van der Waals surface area contributed by atoms with Crippen LogP contribution in [0.4, 0.5) is 18.0 Å². The summed E-state index contributed by atoms with van der Waals surface area (Å²) in [5.41, 5.74) is 0.574. The number of rotatable bonds is 8. The van der Waals surface area contributed by atoms with Gasteiger partial charge in [-0.15, -0.1) is 0 Å². The number of alkyl halides is 3. The molecule has 182 valence electrons. The third-order valence-corrected chi connectivity index (χ3v) is 5.63. The van der Waals surface area contributed by atoms with E-state index in [1.807, 2.05) is 48.5 Å². The van der Waals surface area contributed by atoms with Crippen molar-refractivity contribution < 1.29 is 42.5 Å². The number of halogens is 3. The highest BCUT2D eigenvalue weighted by Gasteiger charge is 2.58. The summed E-state index contributed by atoms with van der Waals surface area (Å²) in [6.45, 7) is -0.173. The lowest BCUT2D eigenvalue weighted by Crippen LogP contribution is -2.62. The molecular formula is C23H23F3N2O6. The smallest absolute Gasteiger partial charge is 0.422 e.